The molecule has 2 rings (SSSR count). The van der Waals surface area contributed by atoms with Gasteiger partial charge in [0.1, 0.15) is 0 Å². The second-order valence-corrected chi connectivity index (χ2v) is 8.16. The zero-order chi connectivity index (χ0) is 19.6. The number of likely N-dealkylation sites (N-methyl/N-ethyl adjacent to an activating group) is 1. The normalized spacial score (nSPS) is 18.4. The molecule has 0 aliphatic carbocycles. The fourth-order valence-corrected chi connectivity index (χ4v) is 4.17. The number of halogens is 1. The molecule has 0 radical (unpaired) electrons. The molecule has 1 fully saturated rings. The highest BCUT2D eigenvalue weighted by Gasteiger charge is 2.30. The summed E-state index contributed by atoms with van der Waals surface area (Å²) in [5.74, 6) is 1.54. The SMILES string of the molecule is CCNC(=NCC(C)c1ccsc1)NCCCN1CCCC1C(=O)N(C)C.I. The number of hydrogen-bond acceptors (Lipinski definition) is 4. The number of hydrogen-bond donors (Lipinski definition) is 2. The summed E-state index contributed by atoms with van der Waals surface area (Å²) in [7, 11) is 3.69. The second-order valence-electron chi connectivity index (χ2n) is 7.38. The third kappa shape index (κ3) is 7.87. The zero-order valence-electron chi connectivity index (χ0n) is 17.6. The summed E-state index contributed by atoms with van der Waals surface area (Å²) < 4.78 is 0. The van der Waals surface area contributed by atoms with Crippen molar-refractivity contribution in [2.75, 3.05) is 46.8 Å². The fraction of sp³-hybridized carbons (Fsp3) is 0.700. The molecule has 1 aromatic rings. The van der Waals surface area contributed by atoms with Gasteiger partial charge in [-0.15, -0.1) is 24.0 Å². The average Bonchev–Trinajstić information content (AvgIpc) is 3.33. The maximum atomic E-state index is 12.3. The molecule has 0 saturated carbocycles. The molecule has 0 spiro atoms. The van der Waals surface area contributed by atoms with Crippen molar-refractivity contribution in [2.24, 2.45) is 4.99 Å². The molecule has 0 bridgehead atoms. The Balaban J connectivity index is 0.00000392. The zero-order valence-corrected chi connectivity index (χ0v) is 20.8. The lowest BCUT2D eigenvalue weighted by molar-refractivity contribution is -0.133. The van der Waals surface area contributed by atoms with Crippen molar-refractivity contribution in [1.82, 2.24) is 20.4 Å². The Morgan fingerprint density at radius 3 is 2.86 bits per heavy atom. The van der Waals surface area contributed by atoms with Crippen molar-refractivity contribution in [3.63, 3.8) is 0 Å². The van der Waals surface area contributed by atoms with E-state index in [0.29, 0.717) is 5.92 Å². The van der Waals surface area contributed by atoms with E-state index in [0.717, 1.165) is 57.9 Å². The average molecular weight is 522 g/mol. The topological polar surface area (TPSA) is 60.0 Å². The molecule has 2 heterocycles. The van der Waals surface area contributed by atoms with E-state index in [1.54, 1.807) is 16.2 Å². The largest absolute Gasteiger partial charge is 0.357 e. The van der Waals surface area contributed by atoms with Crippen LogP contribution in [0.2, 0.25) is 0 Å². The van der Waals surface area contributed by atoms with Crippen molar-refractivity contribution < 1.29 is 4.79 Å². The molecule has 28 heavy (non-hydrogen) atoms. The minimum atomic E-state index is 0. The highest BCUT2D eigenvalue weighted by Crippen LogP contribution is 2.19. The maximum absolute atomic E-state index is 12.3. The molecule has 160 valence electrons. The Labute approximate surface area is 191 Å². The van der Waals surface area contributed by atoms with Crippen LogP contribution in [0.3, 0.4) is 0 Å². The highest BCUT2D eigenvalue weighted by molar-refractivity contribution is 14.0. The number of rotatable bonds is 9. The first kappa shape index (κ1) is 25.2. The summed E-state index contributed by atoms with van der Waals surface area (Å²) in [6.07, 6.45) is 3.10. The quantitative estimate of drug-likeness (QED) is 0.227. The summed E-state index contributed by atoms with van der Waals surface area (Å²) in [5, 5.41) is 11.1. The Kier molecular flexibility index (Phi) is 12.0. The summed E-state index contributed by atoms with van der Waals surface area (Å²) >= 11 is 1.73. The molecule has 6 nitrogen and oxygen atoms in total. The Hall–Kier alpha value is -0.870. The van der Waals surface area contributed by atoms with Crippen LogP contribution >= 0.6 is 35.3 Å². The summed E-state index contributed by atoms with van der Waals surface area (Å²) in [6, 6.07) is 2.24. The van der Waals surface area contributed by atoms with Crippen LogP contribution in [0.1, 0.15) is 44.6 Å². The smallest absolute Gasteiger partial charge is 0.239 e. The third-order valence-corrected chi connectivity index (χ3v) is 5.69. The van der Waals surface area contributed by atoms with E-state index < -0.39 is 0 Å². The van der Waals surface area contributed by atoms with Crippen LogP contribution in [-0.2, 0) is 4.79 Å². The minimum absolute atomic E-state index is 0. The second kappa shape index (κ2) is 13.4. The van der Waals surface area contributed by atoms with Crippen LogP contribution < -0.4 is 10.6 Å². The molecule has 1 aliphatic rings. The predicted octanol–water partition coefficient (Wildman–Crippen LogP) is 2.97. The molecule has 0 aromatic carbocycles. The predicted molar refractivity (Wildman–Crippen MR) is 130 cm³/mol. The van der Waals surface area contributed by atoms with Gasteiger partial charge in [-0.2, -0.15) is 11.3 Å². The number of likely N-dealkylation sites (tertiary alicyclic amines) is 1. The van der Waals surface area contributed by atoms with Crippen molar-refractivity contribution in [3.05, 3.63) is 22.4 Å². The van der Waals surface area contributed by atoms with Crippen molar-refractivity contribution in [2.45, 2.75) is 45.1 Å². The van der Waals surface area contributed by atoms with E-state index in [1.165, 1.54) is 5.56 Å². The monoisotopic (exact) mass is 521 g/mol. The Morgan fingerprint density at radius 2 is 2.21 bits per heavy atom. The number of amides is 1. The molecule has 1 aromatic heterocycles. The standard InChI is InChI=1S/C20H35N5OS.HI/c1-5-21-20(23-14-16(2)17-9-13-27-15-17)22-10-7-12-25-11-6-8-18(25)19(26)24(3)4;/h9,13,15-16,18H,5-8,10-12,14H2,1-4H3,(H2,21,22,23);1H. The van der Waals surface area contributed by atoms with Gasteiger partial charge in [0.15, 0.2) is 5.96 Å². The van der Waals surface area contributed by atoms with Gasteiger partial charge < -0.3 is 15.5 Å². The molecule has 1 amide bonds. The first-order valence-electron chi connectivity index (χ1n) is 10.0. The number of nitrogens with one attached hydrogen (secondary N) is 2. The van der Waals surface area contributed by atoms with Gasteiger partial charge in [0.05, 0.1) is 6.04 Å². The first-order valence-corrected chi connectivity index (χ1v) is 11.0. The van der Waals surface area contributed by atoms with Gasteiger partial charge in [-0.3, -0.25) is 14.7 Å². The summed E-state index contributed by atoms with van der Waals surface area (Å²) in [4.78, 5) is 21.0. The van der Waals surface area contributed by atoms with Crippen molar-refractivity contribution in [3.8, 4) is 0 Å². The number of guanidine groups is 1. The van der Waals surface area contributed by atoms with E-state index in [9.17, 15) is 4.79 Å². The molecule has 1 aliphatic heterocycles. The van der Waals surface area contributed by atoms with E-state index in [2.05, 4.69) is 46.2 Å². The van der Waals surface area contributed by atoms with E-state index in [4.69, 9.17) is 4.99 Å². The lowest BCUT2D eigenvalue weighted by atomic mass is 10.1. The van der Waals surface area contributed by atoms with E-state index >= 15 is 0 Å². The van der Waals surface area contributed by atoms with Gasteiger partial charge >= 0.3 is 0 Å². The number of thiophene rings is 1. The van der Waals surface area contributed by atoms with Crippen LogP contribution in [0.15, 0.2) is 21.8 Å². The highest BCUT2D eigenvalue weighted by atomic mass is 127. The van der Waals surface area contributed by atoms with E-state index in [-0.39, 0.29) is 35.9 Å². The maximum Gasteiger partial charge on any atom is 0.239 e. The molecule has 2 N–H and O–H groups in total. The molecule has 8 heteroatoms. The number of nitrogens with zero attached hydrogens (tertiary/aromatic N) is 3. The number of carbonyl (C=O) groups excluding carboxylic acids is 1. The lowest BCUT2D eigenvalue weighted by Crippen LogP contribution is -2.44. The van der Waals surface area contributed by atoms with Crippen LogP contribution in [0, 0.1) is 0 Å². The number of carbonyl (C=O) groups is 1. The molecular weight excluding hydrogens is 485 g/mol. The molecule has 2 unspecified atom stereocenters. The van der Waals surface area contributed by atoms with Crippen LogP contribution in [-0.4, -0.2) is 74.5 Å². The Morgan fingerprint density at radius 1 is 1.43 bits per heavy atom. The van der Waals surface area contributed by atoms with Gasteiger partial charge in [0.25, 0.3) is 0 Å². The van der Waals surface area contributed by atoms with Crippen molar-refractivity contribution in [1.29, 1.82) is 0 Å². The summed E-state index contributed by atoms with van der Waals surface area (Å²) in [6.45, 7) is 8.75. The third-order valence-electron chi connectivity index (χ3n) is 4.98. The van der Waals surface area contributed by atoms with Crippen LogP contribution in [0.25, 0.3) is 0 Å². The Bertz CT molecular complexity index is 593. The van der Waals surface area contributed by atoms with Crippen LogP contribution in [0.4, 0.5) is 0 Å². The fourth-order valence-electron chi connectivity index (χ4n) is 3.39. The van der Waals surface area contributed by atoms with Crippen molar-refractivity contribution >= 4 is 47.2 Å². The molecule has 1 saturated heterocycles. The minimum Gasteiger partial charge on any atom is -0.357 e. The first-order chi connectivity index (χ1) is 13.0. The lowest BCUT2D eigenvalue weighted by Gasteiger charge is -2.26. The van der Waals surface area contributed by atoms with Gasteiger partial charge in [-0.05, 0) is 55.1 Å². The summed E-state index contributed by atoms with van der Waals surface area (Å²) in [5.41, 5.74) is 1.35. The van der Waals surface area contributed by atoms with E-state index in [1.807, 2.05) is 14.1 Å². The van der Waals surface area contributed by atoms with Crippen LogP contribution in [0.5, 0.6) is 0 Å². The van der Waals surface area contributed by atoms with Gasteiger partial charge in [0.2, 0.25) is 5.91 Å². The van der Waals surface area contributed by atoms with Gasteiger partial charge in [-0.1, -0.05) is 6.92 Å². The van der Waals surface area contributed by atoms with Gasteiger partial charge in [0, 0.05) is 46.2 Å². The number of aliphatic imine (C=N–C) groups is 1. The molecule has 2 atom stereocenters. The van der Waals surface area contributed by atoms with Gasteiger partial charge in [-0.25, -0.2) is 0 Å². The molecular formula is C20H36IN5OS.